The Hall–Kier alpha value is -3.48. The number of amides is 1. The molecular weight excluding hydrogens is 318 g/mol. The van der Waals surface area contributed by atoms with Crippen LogP contribution in [0.4, 0.5) is 5.69 Å². The maximum Gasteiger partial charge on any atom is 0.278 e. The van der Waals surface area contributed by atoms with E-state index in [9.17, 15) is 4.79 Å². The van der Waals surface area contributed by atoms with Crippen LogP contribution in [-0.2, 0) is 0 Å². The summed E-state index contributed by atoms with van der Waals surface area (Å²) in [5, 5.41) is 11.4. The molecule has 0 spiro atoms. The molecule has 2 aromatic carbocycles. The zero-order valence-electron chi connectivity index (χ0n) is 13.7. The number of para-hydroxylation sites is 1. The number of hydrogen-bond donors (Lipinski definition) is 1. The van der Waals surface area contributed by atoms with Gasteiger partial charge in [-0.2, -0.15) is 9.90 Å². The SMILES string of the molecule is Cc1nc2cc(NC(=O)c3nn(-c4ccccc4)nc3C)ccc2o1. The molecule has 0 atom stereocenters. The summed E-state index contributed by atoms with van der Waals surface area (Å²) >= 11 is 0. The van der Waals surface area contributed by atoms with Gasteiger partial charge >= 0.3 is 0 Å². The number of fused-ring (bicyclic) bond motifs is 1. The predicted molar refractivity (Wildman–Crippen MR) is 92.8 cm³/mol. The largest absolute Gasteiger partial charge is 0.441 e. The molecule has 4 aromatic rings. The first-order valence-electron chi connectivity index (χ1n) is 7.78. The van der Waals surface area contributed by atoms with Gasteiger partial charge in [-0.3, -0.25) is 4.79 Å². The first kappa shape index (κ1) is 15.1. The van der Waals surface area contributed by atoms with Gasteiger partial charge in [0, 0.05) is 12.6 Å². The lowest BCUT2D eigenvalue weighted by Crippen LogP contribution is -2.14. The lowest BCUT2D eigenvalue weighted by atomic mass is 10.2. The Morgan fingerprint density at radius 1 is 1.08 bits per heavy atom. The lowest BCUT2D eigenvalue weighted by Gasteiger charge is -2.03. The smallest absolute Gasteiger partial charge is 0.278 e. The number of carbonyl (C=O) groups is 1. The molecule has 2 aromatic heterocycles. The average molecular weight is 333 g/mol. The van der Waals surface area contributed by atoms with Crippen molar-refractivity contribution in [3.8, 4) is 5.69 Å². The molecule has 0 saturated carbocycles. The van der Waals surface area contributed by atoms with Crippen LogP contribution in [0.1, 0.15) is 22.1 Å². The number of hydrogen-bond acceptors (Lipinski definition) is 5. The van der Waals surface area contributed by atoms with Crippen molar-refractivity contribution in [1.29, 1.82) is 0 Å². The number of rotatable bonds is 3. The molecule has 1 N–H and O–H groups in total. The van der Waals surface area contributed by atoms with Crippen LogP contribution in [0.3, 0.4) is 0 Å². The average Bonchev–Trinajstić information content (AvgIpc) is 3.17. The quantitative estimate of drug-likeness (QED) is 0.622. The van der Waals surface area contributed by atoms with Crippen LogP contribution in [0.25, 0.3) is 16.8 Å². The molecule has 1 amide bonds. The van der Waals surface area contributed by atoms with Gasteiger partial charge < -0.3 is 9.73 Å². The fraction of sp³-hybridized carbons (Fsp3) is 0.111. The summed E-state index contributed by atoms with van der Waals surface area (Å²) in [6.45, 7) is 3.54. The first-order valence-corrected chi connectivity index (χ1v) is 7.78. The van der Waals surface area contributed by atoms with Gasteiger partial charge in [0.15, 0.2) is 17.2 Å². The highest BCUT2D eigenvalue weighted by molar-refractivity contribution is 6.04. The molecule has 4 rings (SSSR count). The van der Waals surface area contributed by atoms with Gasteiger partial charge in [0.1, 0.15) is 5.52 Å². The van der Waals surface area contributed by atoms with Crippen molar-refractivity contribution in [2.45, 2.75) is 13.8 Å². The van der Waals surface area contributed by atoms with E-state index < -0.39 is 0 Å². The summed E-state index contributed by atoms with van der Waals surface area (Å²) in [5.74, 6) is 0.263. The van der Waals surface area contributed by atoms with Crippen molar-refractivity contribution in [3.63, 3.8) is 0 Å². The van der Waals surface area contributed by atoms with E-state index in [1.807, 2.05) is 30.3 Å². The van der Waals surface area contributed by atoms with Crippen molar-refractivity contribution in [2.75, 3.05) is 5.32 Å². The van der Waals surface area contributed by atoms with E-state index in [1.54, 1.807) is 32.0 Å². The zero-order chi connectivity index (χ0) is 17.4. The molecule has 0 unspecified atom stereocenters. The molecule has 0 saturated heterocycles. The van der Waals surface area contributed by atoms with Crippen LogP contribution < -0.4 is 5.32 Å². The number of aromatic nitrogens is 4. The third-order valence-corrected chi connectivity index (χ3v) is 3.74. The number of nitrogens with one attached hydrogen (secondary N) is 1. The summed E-state index contributed by atoms with van der Waals surface area (Å²) in [4.78, 5) is 18.3. The van der Waals surface area contributed by atoms with E-state index in [0.717, 1.165) is 5.69 Å². The van der Waals surface area contributed by atoms with Crippen molar-refractivity contribution < 1.29 is 9.21 Å². The minimum atomic E-state index is -0.320. The van der Waals surface area contributed by atoms with Gasteiger partial charge in [-0.05, 0) is 37.3 Å². The molecule has 2 heterocycles. The highest BCUT2D eigenvalue weighted by Crippen LogP contribution is 2.20. The van der Waals surface area contributed by atoms with Gasteiger partial charge in [-0.15, -0.1) is 5.10 Å². The van der Waals surface area contributed by atoms with Gasteiger partial charge in [0.25, 0.3) is 5.91 Å². The summed E-state index contributed by atoms with van der Waals surface area (Å²) in [6, 6.07) is 14.8. The summed E-state index contributed by atoms with van der Waals surface area (Å²) in [5.41, 5.74) is 3.63. The van der Waals surface area contributed by atoms with Crippen molar-refractivity contribution in [2.24, 2.45) is 0 Å². The van der Waals surface area contributed by atoms with E-state index in [1.165, 1.54) is 4.80 Å². The van der Waals surface area contributed by atoms with Crippen LogP contribution >= 0.6 is 0 Å². The Labute approximate surface area is 143 Å². The summed E-state index contributed by atoms with van der Waals surface area (Å²) in [7, 11) is 0. The predicted octanol–water partition coefficient (Wildman–Crippen LogP) is 3.28. The fourth-order valence-corrected chi connectivity index (χ4v) is 2.58. The molecule has 0 aliphatic heterocycles. The number of oxazole rings is 1. The Kier molecular flexibility index (Phi) is 3.53. The standard InChI is InChI=1S/C18H15N5O2/c1-11-17(22-23(21-11)14-6-4-3-5-7-14)18(24)20-13-8-9-16-15(10-13)19-12(2)25-16/h3-10H,1-2H3,(H,20,24). The summed E-state index contributed by atoms with van der Waals surface area (Å²) in [6.07, 6.45) is 0. The Morgan fingerprint density at radius 2 is 1.88 bits per heavy atom. The van der Waals surface area contributed by atoms with Gasteiger partial charge in [0.05, 0.1) is 11.4 Å². The molecule has 7 nitrogen and oxygen atoms in total. The highest BCUT2D eigenvalue weighted by atomic mass is 16.3. The van der Waals surface area contributed by atoms with Crippen LogP contribution in [0.5, 0.6) is 0 Å². The Bertz CT molecular complexity index is 1070. The molecule has 0 aliphatic rings. The van der Waals surface area contributed by atoms with Crippen LogP contribution in [-0.4, -0.2) is 25.9 Å². The zero-order valence-corrected chi connectivity index (χ0v) is 13.7. The molecule has 25 heavy (non-hydrogen) atoms. The topological polar surface area (TPSA) is 85.8 Å². The van der Waals surface area contributed by atoms with Crippen molar-refractivity contribution in [3.05, 3.63) is 65.8 Å². The van der Waals surface area contributed by atoms with E-state index >= 15 is 0 Å². The van der Waals surface area contributed by atoms with E-state index in [-0.39, 0.29) is 11.6 Å². The molecular formula is C18H15N5O2. The maximum atomic E-state index is 12.6. The minimum Gasteiger partial charge on any atom is -0.441 e. The van der Waals surface area contributed by atoms with Crippen LogP contribution in [0.15, 0.2) is 52.9 Å². The van der Waals surface area contributed by atoms with E-state index in [0.29, 0.717) is 28.4 Å². The molecule has 124 valence electrons. The molecule has 7 heteroatoms. The number of benzene rings is 2. The third kappa shape index (κ3) is 2.87. The second-order valence-electron chi connectivity index (χ2n) is 5.63. The monoisotopic (exact) mass is 333 g/mol. The van der Waals surface area contributed by atoms with E-state index in [4.69, 9.17) is 4.42 Å². The first-order chi connectivity index (χ1) is 12.1. The fourth-order valence-electron chi connectivity index (χ4n) is 2.58. The Morgan fingerprint density at radius 3 is 2.68 bits per heavy atom. The second kappa shape index (κ2) is 5.86. The molecule has 0 radical (unpaired) electrons. The van der Waals surface area contributed by atoms with E-state index in [2.05, 4.69) is 20.5 Å². The lowest BCUT2D eigenvalue weighted by molar-refractivity contribution is 0.102. The summed E-state index contributed by atoms with van der Waals surface area (Å²) < 4.78 is 5.43. The van der Waals surface area contributed by atoms with Gasteiger partial charge in [-0.1, -0.05) is 18.2 Å². The normalized spacial score (nSPS) is 11.0. The number of nitrogens with zero attached hydrogens (tertiary/aromatic N) is 4. The number of aryl methyl sites for hydroxylation is 2. The molecule has 0 bridgehead atoms. The molecule has 0 fully saturated rings. The second-order valence-corrected chi connectivity index (χ2v) is 5.63. The van der Waals surface area contributed by atoms with Crippen LogP contribution in [0.2, 0.25) is 0 Å². The number of anilines is 1. The third-order valence-electron chi connectivity index (χ3n) is 3.74. The van der Waals surface area contributed by atoms with Gasteiger partial charge in [-0.25, -0.2) is 4.98 Å². The van der Waals surface area contributed by atoms with Crippen LogP contribution in [0, 0.1) is 13.8 Å². The highest BCUT2D eigenvalue weighted by Gasteiger charge is 2.17. The van der Waals surface area contributed by atoms with Crippen molar-refractivity contribution >= 4 is 22.7 Å². The number of carbonyl (C=O) groups excluding carboxylic acids is 1. The Balaban J connectivity index is 1.61. The minimum absolute atomic E-state index is 0.278. The maximum absolute atomic E-state index is 12.6. The molecule has 0 aliphatic carbocycles. The van der Waals surface area contributed by atoms with Gasteiger partial charge in [0.2, 0.25) is 0 Å². The van der Waals surface area contributed by atoms with Crippen molar-refractivity contribution in [1.82, 2.24) is 20.0 Å².